The van der Waals surface area contributed by atoms with E-state index in [9.17, 15) is 0 Å². The summed E-state index contributed by atoms with van der Waals surface area (Å²) in [7, 11) is 0. The average molecular weight is 218 g/mol. The van der Waals surface area contributed by atoms with Crippen molar-refractivity contribution in [3.05, 3.63) is 48.6 Å². The van der Waals surface area contributed by atoms with E-state index in [1.807, 2.05) is 18.2 Å². The van der Waals surface area contributed by atoms with Crippen LogP contribution < -0.4 is 0 Å². The monoisotopic (exact) mass is 218 g/mol. The Bertz CT molecular complexity index is 439. The number of hydrogen-bond acceptors (Lipinski definition) is 4. The highest BCUT2D eigenvalue weighted by Gasteiger charge is 2.03. The van der Waals surface area contributed by atoms with Gasteiger partial charge in [-0.3, -0.25) is 0 Å². The van der Waals surface area contributed by atoms with E-state index >= 15 is 0 Å². The molecule has 0 aliphatic heterocycles. The van der Waals surface area contributed by atoms with Crippen LogP contribution in [0.15, 0.2) is 46.3 Å². The highest BCUT2D eigenvalue weighted by Crippen LogP contribution is 2.20. The molecule has 2 rings (SSSR count). The van der Waals surface area contributed by atoms with Gasteiger partial charge < -0.3 is 4.52 Å². The van der Waals surface area contributed by atoms with E-state index in [2.05, 4.69) is 28.9 Å². The van der Waals surface area contributed by atoms with Gasteiger partial charge in [0, 0.05) is 4.90 Å². The number of thioether (sulfide) groups is 1. The first kappa shape index (κ1) is 9.98. The first-order chi connectivity index (χ1) is 7.38. The van der Waals surface area contributed by atoms with E-state index in [1.54, 1.807) is 17.8 Å². The summed E-state index contributed by atoms with van der Waals surface area (Å²) >= 11 is 1.68. The lowest BCUT2D eigenvalue weighted by atomic mass is 10.4. The van der Waals surface area contributed by atoms with Crippen molar-refractivity contribution >= 4 is 17.8 Å². The van der Waals surface area contributed by atoms with Crippen LogP contribution in [0.3, 0.4) is 0 Å². The standard InChI is InChI=1S/C11H10N2OS/c1-2-11-12-10(13-14-11)8-15-9-6-4-3-5-7-9/h2-7H,1,8H2. The minimum atomic E-state index is 0.471. The van der Waals surface area contributed by atoms with Crippen molar-refractivity contribution in [1.29, 1.82) is 0 Å². The quantitative estimate of drug-likeness (QED) is 0.739. The van der Waals surface area contributed by atoms with E-state index in [4.69, 9.17) is 4.52 Å². The lowest BCUT2D eigenvalue weighted by molar-refractivity contribution is 0.405. The molecule has 76 valence electrons. The molecule has 0 radical (unpaired) electrons. The van der Waals surface area contributed by atoms with Gasteiger partial charge in [-0.05, 0) is 18.2 Å². The van der Waals surface area contributed by atoms with Crippen molar-refractivity contribution in [3.8, 4) is 0 Å². The fourth-order valence-corrected chi connectivity index (χ4v) is 1.84. The Morgan fingerprint density at radius 2 is 2.13 bits per heavy atom. The summed E-state index contributed by atoms with van der Waals surface area (Å²) in [6, 6.07) is 10.1. The predicted molar refractivity (Wildman–Crippen MR) is 60.4 cm³/mol. The van der Waals surface area contributed by atoms with Crippen LogP contribution in [0.4, 0.5) is 0 Å². The molecule has 0 atom stereocenters. The molecular weight excluding hydrogens is 208 g/mol. The summed E-state index contributed by atoms with van der Waals surface area (Å²) in [6.07, 6.45) is 1.55. The fraction of sp³-hybridized carbons (Fsp3) is 0.0909. The van der Waals surface area contributed by atoms with Crippen LogP contribution in [-0.4, -0.2) is 10.1 Å². The predicted octanol–water partition coefficient (Wildman–Crippen LogP) is 3.00. The van der Waals surface area contributed by atoms with Crippen LogP contribution in [0.25, 0.3) is 6.08 Å². The van der Waals surface area contributed by atoms with Crippen molar-refractivity contribution in [2.24, 2.45) is 0 Å². The van der Waals surface area contributed by atoms with Gasteiger partial charge in [0.25, 0.3) is 0 Å². The molecule has 0 spiro atoms. The molecule has 15 heavy (non-hydrogen) atoms. The maximum atomic E-state index is 4.91. The van der Waals surface area contributed by atoms with Crippen LogP contribution in [0.1, 0.15) is 11.7 Å². The van der Waals surface area contributed by atoms with Gasteiger partial charge >= 0.3 is 0 Å². The second-order valence-corrected chi connectivity index (χ2v) is 3.90. The molecule has 1 aromatic carbocycles. The number of benzene rings is 1. The van der Waals surface area contributed by atoms with Crippen LogP contribution in [-0.2, 0) is 5.75 Å². The first-order valence-electron chi connectivity index (χ1n) is 4.51. The maximum Gasteiger partial charge on any atom is 0.250 e. The molecule has 2 aromatic rings. The Balaban J connectivity index is 1.96. The van der Waals surface area contributed by atoms with E-state index in [-0.39, 0.29) is 0 Å². The third-order valence-electron chi connectivity index (χ3n) is 1.77. The van der Waals surface area contributed by atoms with Gasteiger partial charge in [-0.1, -0.05) is 29.9 Å². The Hall–Kier alpha value is -1.55. The van der Waals surface area contributed by atoms with E-state index in [0.29, 0.717) is 17.5 Å². The van der Waals surface area contributed by atoms with Crippen LogP contribution in [0.2, 0.25) is 0 Å². The number of hydrogen-bond donors (Lipinski definition) is 0. The molecule has 0 unspecified atom stereocenters. The van der Waals surface area contributed by atoms with Gasteiger partial charge in [-0.15, -0.1) is 11.8 Å². The van der Waals surface area contributed by atoms with Gasteiger partial charge in [0.05, 0.1) is 5.75 Å². The van der Waals surface area contributed by atoms with Gasteiger partial charge in [0.1, 0.15) is 0 Å². The minimum Gasteiger partial charge on any atom is -0.335 e. The molecule has 0 aliphatic carbocycles. The molecule has 3 nitrogen and oxygen atoms in total. The highest BCUT2D eigenvalue weighted by atomic mass is 32.2. The largest absolute Gasteiger partial charge is 0.335 e. The minimum absolute atomic E-state index is 0.471. The fourth-order valence-electron chi connectivity index (χ4n) is 1.07. The lowest BCUT2D eigenvalue weighted by Gasteiger charge is -1.95. The summed E-state index contributed by atoms with van der Waals surface area (Å²) in [5, 5.41) is 3.82. The van der Waals surface area contributed by atoms with Crippen molar-refractivity contribution in [1.82, 2.24) is 10.1 Å². The third kappa shape index (κ3) is 2.70. The van der Waals surface area contributed by atoms with Crippen molar-refractivity contribution in [3.63, 3.8) is 0 Å². The number of rotatable bonds is 4. The summed E-state index contributed by atoms with van der Waals surface area (Å²) in [4.78, 5) is 5.32. The Kier molecular flexibility index (Phi) is 3.19. The zero-order valence-corrected chi connectivity index (χ0v) is 8.91. The molecule has 4 heteroatoms. The summed E-state index contributed by atoms with van der Waals surface area (Å²) in [5.41, 5.74) is 0. The number of aromatic nitrogens is 2. The van der Waals surface area contributed by atoms with E-state index in [0.717, 1.165) is 0 Å². The zero-order valence-electron chi connectivity index (χ0n) is 8.09. The maximum absolute atomic E-state index is 4.91. The van der Waals surface area contributed by atoms with Gasteiger partial charge in [0.2, 0.25) is 5.89 Å². The van der Waals surface area contributed by atoms with Crippen molar-refractivity contribution in [2.75, 3.05) is 0 Å². The van der Waals surface area contributed by atoms with Crippen LogP contribution in [0.5, 0.6) is 0 Å². The Labute approximate surface area is 92.2 Å². The topological polar surface area (TPSA) is 38.9 Å². The molecule has 0 amide bonds. The Morgan fingerprint density at radius 3 is 2.80 bits per heavy atom. The highest BCUT2D eigenvalue weighted by molar-refractivity contribution is 7.98. The van der Waals surface area contributed by atoms with Crippen molar-refractivity contribution in [2.45, 2.75) is 10.6 Å². The first-order valence-corrected chi connectivity index (χ1v) is 5.50. The van der Waals surface area contributed by atoms with Gasteiger partial charge in [-0.25, -0.2) is 0 Å². The summed E-state index contributed by atoms with van der Waals surface area (Å²) < 4.78 is 4.91. The average Bonchev–Trinajstić information content (AvgIpc) is 2.76. The molecule has 0 aliphatic rings. The lowest BCUT2D eigenvalue weighted by Crippen LogP contribution is -1.83. The third-order valence-corrected chi connectivity index (χ3v) is 2.78. The molecule has 0 N–H and O–H groups in total. The SMILES string of the molecule is C=Cc1nc(CSc2ccccc2)no1. The van der Waals surface area contributed by atoms with Crippen LogP contribution in [0, 0.1) is 0 Å². The molecular formula is C11H10N2OS. The smallest absolute Gasteiger partial charge is 0.250 e. The normalized spacial score (nSPS) is 10.1. The second kappa shape index (κ2) is 4.79. The summed E-state index contributed by atoms with van der Waals surface area (Å²) in [6.45, 7) is 3.56. The van der Waals surface area contributed by atoms with Gasteiger partial charge in [-0.2, -0.15) is 4.98 Å². The molecule has 0 bridgehead atoms. The van der Waals surface area contributed by atoms with E-state index < -0.39 is 0 Å². The Morgan fingerprint density at radius 1 is 1.33 bits per heavy atom. The zero-order chi connectivity index (χ0) is 10.5. The molecule has 0 fully saturated rings. The molecule has 1 aromatic heterocycles. The molecule has 1 heterocycles. The van der Waals surface area contributed by atoms with Gasteiger partial charge in [0.15, 0.2) is 5.82 Å². The van der Waals surface area contributed by atoms with Crippen LogP contribution >= 0.6 is 11.8 Å². The number of nitrogens with zero attached hydrogens (tertiary/aromatic N) is 2. The summed E-state index contributed by atoms with van der Waals surface area (Å²) in [5.74, 6) is 1.87. The van der Waals surface area contributed by atoms with E-state index in [1.165, 1.54) is 4.90 Å². The molecule has 0 saturated heterocycles. The second-order valence-electron chi connectivity index (χ2n) is 2.85. The molecule has 0 saturated carbocycles. The van der Waals surface area contributed by atoms with Crippen molar-refractivity contribution < 1.29 is 4.52 Å².